The lowest BCUT2D eigenvalue weighted by Gasteiger charge is -2.40. The van der Waals surface area contributed by atoms with Crippen LogP contribution in [-0.4, -0.2) is 30.0 Å². The predicted octanol–water partition coefficient (Wildman–Crippen LogP) is 3.76. The highest BCUT2D eigenvalue weighted by Crippen LogP contribution is 2.63. The number of benzene rings is 1. The molecular weight excluding hydrogens is 316 g/mol. The molecule has 0 radical (unpaired) electrons. The van der Waals surface area contributed by atoms with Gasteiger partial charge in [0.1, 0.15) is 9.83 Å². The van der Waals surface area contributed by atoms with Gasteiger partial charge in [-0.2, -0.15) is 0 Å². The topological polar surface area (TPSA) is 35.5 Å². The van der Waals surface area contributed by atoms with Crippen LogP contribution in [0.1, 0.15) is 12.5 Å². The van der Waals surface area contributed by atoms with Crippen LogP contribution in [0.4, 0.5) is 0 Å². The molecule has 0 saturated carbocycles. The summed E-state index contributed by atoms with van der Waals surface area (Å²) in [4.78, 5) is 12.2. The zero-order valence-electron chi connectivity index (χ0n) is 12.8. The first-order chi connectivity index (χ1) is 10.6. The number of esters is 1. The highest BCUT2D eigenvalue weighted by atomic mass is 32.2. The van der Waals surface area contributed by atoms with E-state index in [-0.39, 0.29) is 15.5 Å². The van der Waals surface area contributed by atoms with Crippen molar-refractivity contribution in [2.75, 3.05) is 20.0 Å². The SMILES string of the molecule is COC(=O)C1=CCSC12SC=CC2(C)c1ccc(OC)cc1. The summed E-state index contributed by atoms with van der Waals surface area (Å²) in [5.74, 6) is 1.42. The van der Waals surface area contributed by atoms with Crippen LogP contribution in [-0.2, 0) is 14.9 Å². The third-order valence-electron chi connectivity index (χ3n) is 4.34. The molecule has 0 aromatic heterocycles. The number of carbonyl (C=O) groups excluding carboxylic acids is 1. The molecule has 3 rings (SSSR count). The standard InChI is InChI=1S/C17H18O3S2/c1-16(12-4-6-13(19-2)7-5-12)9-11-22-17(16)14(8-10-21-17)15(18)20-3/h4-9,11H,10H2,1-3H3. The lowest BCUT2D eigenvalue weighted by atomic mass is 9.76. The Morgan fingerprint density at radius 1 is 1.23 bits per heavy atom. The predicted molar refractivity (Wildman–Crippen MR) is 92.4 cm³/mol. The zero-order chi connectivity index (χ0) is 15.8. The van der Waals surface area contributed by atoms with Crippen molar-refractivity contribution in [2.45, 2.75) is 16.4 Å². The molecule has 0 fully saturated rings. The quantitative estimate of drug-likeness (QED) is 0.787. The first-order valence-electron chi connectivity index (χ1n) is 7.00. The fourth-order valence-electron chi connectivity index (χ4n) is 3.03. The Kier molecular flexibility index (Phi) is 4.03. The fourth-order valence-corrected chi connectivity index (χ4v) is 6.22. The number of rotatable bonds is 3. The van der Waals surface area contributed by atoms with Gasteiger partial charge in [-0.15, -0.1) is 23.5 Å². The maximum atomic E-state index is 12.2. The maximum Gasteiger partial charge on any atom is 0.335 e. The van der Waals surface area contributed by atoms with E-state index in [1.807, 2.05) is 18.2 Å². The summed E-state index contributed by atoms with van der Waals surface area (Å²) >= 11 is 3.49. The van der Waals surface area contributed by atoms with Crippen LogP contribution in [0, 0.1) is 0 Å². The number of ether oxygens (including phenoxy) is 2. The molecule has 1 aromatic carbocycles. The summed E-state index contributed by atoms with van der Waals surface area (Å²) in [6.07, 6.45) is 4.19. The summed E-state index contributed by atoms with van der Waals surface area (Å²) in [6, 6.07) is 8.08. The molecule has 0 aliphatic carbocycles. The van der Waals surface area contributed by atoms with Gasteiger partial charge >= 0.3 is 5.97 Å². The second-order valence-corrected chi connectivity index (χ2v) is 8.00. The highest BCUT2D eigenvalue weighted by molar-refractivity contribution is 8.20. The maximum absolute atomic E-state index is 12.2. The Hall–Kier alpha value is -1.33. The molecule has 1 spiro atoms. The lowest BCUT2D eigenvalue weighted by Crippen LogP contribution is -2.43. The Bertz CT molecular complexity index is 650. The number of carbonyl (C=O) groups is 1. The van der Waals surface area contributed by atoms with Crippen molar-refractivity contribution in [3.8, 4) is 5.75 Å². The molecule has 0 bridgehead atoms. The number of methoxy groups -OCH3 is 2. The van der Waals surface area contributed by atoms with Crippen LogP contribution in [0.2, 0.25) is 0 Å². The van der Waals surface area contributed by atoms with Crippen LogP contribution in [0.15, 0.2) is 47.4 Å². The summed E-state index contributed by atoms with van der Waals surface area (Å²) < 4.78 is 9.90. The van der Waals surface area contributed by atoms with E-state index in [0.29, 0.717) is 0 Å². The van der Waals surface area contributed by atoms with Gasteiger partial charge in [0.25, 0.3) is 0 Å². The Balaban J connectivity index is 2.05. The minimum Gasteiger partial charge on any atom is -0.497 e. The van der Waals surface area contributed by atoms with Crippen LogP contribution in [0.25, 0.3) is 0 Å². The van der Waals surface area contributed by atoms with Crippen molar-refractivity contribution < 1.29 is 14.3 Å². The number of hydrogen-bond acceptors (Lipinski definition) is 5. The molecule has 2 aliphatic rings. The molecule has 0 N–H and O–H groups in total. The number of thioether (sulfide) groups is 2. The van der Waals surface area contributed by atoms with Gasteiger partial charge in [0.2, 0.25) is 0 Å². The van der Waals surface area contributed by atoms with Crippen molar-refractivity contribution >= 4 is 29.5 Å². The summed E-state index contributed by atoms with van der Waals surface area (Å²) in [5, 5.41) is 2.10. The largest absolute Gasteiger partial charge is 0.497 e. The Morgan fingerprint density at radius 2 is 1.95 bits per heavy atom. The highest BCUT2D eigenvalue weighted by Gasteiger charge is 2.57. The van der Waals surface area contributed by atoms with Gasteiger partial charge in [0.05, 0.1) is 19.8 Å². The molecule has 5 heteroatoms. The fraction of sp³-hybridized carbons (Fsp3) is 0.353. The molecule has 22 heavy (non-hydrogen) atoms. The minimum absolute atomic E-state index is 0.235. The Labute approximate surface area is 139 Å². The van der Waals surface area contributed by atoms with Gasteiger partial charge < -0.3 is 9.47 Å². The van der Waals surface area contributed by atoms with Crippen LogP contribution >= 0.6 is 23.5 Å². The van der Waals surface area contributed by atoms with Crippen molar-refractivity contribution in [2.24, 2.45) is 0 Å². The monoisotopic (exact) mass is 334 g/mol. The van der Waals surface area contributed by atoms with Crippen LogP contribution in [0.5, 0.6) is 5.75 Å². The van der Waals surface area contributed by atoms with Gasteiger partial charge in [-0.1, -0.05) is 24.3 Å². The zero-order valence-corrected chi connectivity index (χ0v) is 14.4. The van der Waals surface area contributed by atoms with Crippen molar-refractivity contribution in [1.82, 2.24) is 0 Å². The summed E-state index contributed by atoms with van der Waals surface area (Å²) in [6.45, 7) is 2.18. The van der Waals surface area contributed by atoms with E-state index in [1.165, 1.54) is 12.7 Å². The normalized spacial score (nSPS) is 29.7. The van der Waals surface area contributed by atoms with E-state index in [9.17, 15) is 4.79 Å². The number of hydrogen-bond donors (Lipinski definition) is 0. The van der Waals surface area contributed by atoms with Crippen LogP contribution < -0.4 is 4.74 Å². The third kappa shape index (κ3) is 2.10. The van der Waals surface area contributed by atoms with Crippen LogP contribution in [0.3, 0.4) is 0 Å². The molecule has 2 atom stereocenters. The Morgan fingerprint density at radius 3 is 2.59 bits per heavy atom. The van der Waals surface area contributed by atoms with Crippen molar-refractivity contribution in [3.63, 3.8) is 0 Å². The first kappa shape index (κ1) is 15.6. The molecule has 0 saturated heterocycles. The second kappa shape index (κ2) is 5.70. The third-order valence-corrected chi connectivity index (χ3v) is 7.62. The van der Waals surface area contributed by atoms with Crippen molar-refractivity contribution in [1.29, 1.82) is 0 Å². The van der Waals surface area contributed by atoms with Gasteiger partial charge in [-0.3, -0.25) is 0 Å². The molecule has 2 unspecified atom stereocenters. The molecule has 2 heterocycles. The molecule has 3 nitrogen and oxygen atoms in total. The van der Waals surface area contributed by atoms with E-state index in [1.54, 1.807) is 30.6 Å². The summed E-state index contributed by atoms with van der Waals surface area (Å²) in [5.41, 5.74) is 1.65. The van der Waals surface area contributed by atoms with Gasteiger partial charge in [-0.05, 0) is 30.0 Å². The first-order valence-corrected chi connectivity index (χ1v) is 8.87. The lowest BCUT2D eigenvalue weighted by molar-refractivity contribution is -0.136. The molecule has 2 aliphatic heterocycles. The average Bonchev–Trinajstić information content (AvgIpc) is 3.13. The average molecular weight is 334 g/mol. The molecule has 0 amide bonds. The smallest absolute Gasteiger partial charge is 0.335 e. The molecule has 1 aromatic rings. The molecular formula is C17H18O3S2. The van der Waals surface area contributed by atoms with Gasteiger partial charge in [-0.25, -0.2) is 4.79 Å². The van der Waals surface area contributed by atoms with E-state index in [0.717, 1.165) is 17.1 Å². The van der Waals surface area contributed by atoms with Gasteiger partial charge in [0, 0.05) is 11.2 Å². The van der Waals surface area contributed by atoms with E-state index in [2.05, 4.69) is 30.5 Å². The summed E-state index contributed by atoms with van der Waals surface area (Å²) in [7, 11) is 3.10. The number of allylic oxidation sites excluding steroid dienone is 1. The van der Waals surface area contributed by atoms with E-state index < -0.39 is 0 Å². The van der Waals surface area contributed by atoms with E-state index >= 15 is 0 Å². The van der Waals surface area contributed by atoms with E-state index in [4.69, 9.17) is 9.47 Å². The second-order valence-electron chi connectivity index (χ2n) is 5.39. The molecule has 116 valence electrons. The minimum atomic E-state index is -0.352. The van der Waals surface area contributed by atoms with Crippen molar-refractivity contribution in [3.05, 3.63) is 53.0 Å². The van der Waals surface area contributed by atoms with Gasteiger partial charge in [0.15, 0.2) is 0 Å².